The highest BCUT2D eigenvalue weighted by Gasteiger charge is 2.26. The molecule has 0 spiro atoms. The third-order valence-electron chi connectivity index (χ3n) is 12.6. The molecule has 10 aromatic carbocycles. The monoisotopic (exact) mass is 806 g/mol. The highest BCUT2D eigenvalue weighted by Crippen LogP contribution is 2.50. The van der Waals surface area contributed by atoms with E-state index >= 15 is 0 Å². The van der Waals surface area contributed by atoms with Gasteiger partial charge in [0.05, 0.1) is 11.4 Å². The van der Waals surface area contributed by atoms with Gasteiger partial charge in [-0.2, -0.15) is 0 Å². The molecular weight excluding hydrogens is 765 g/mol. The Morgan fingerprint density at radius 3 is 1.46 bits per heavy atom. The molecule has 0 saturated heterocycles. The van der Waals surface area contributed by atoms with Crippen molar-refractivity contribution in [1.82, 2.24) is 0 Å². The van der Waals surface area contributed by atoms with Crippen LogP contribution in [0, 0.1) is 0 Å². The number of benzene rings is 10. The topological polar surface area (TPSA) is 19.6 Å². The van der Waals surface area contributed by atoms with E-state index in [-0.39, 0.29) is 0 Å². The molecule has 0 radical (unpaired) electrons. The van der Waals surface area contributed by atoms with E-state index in [0.717, 1.165) is 96.4 Å². The quantitative estimate of drug-likeness (QED) is 0.143. The smallest absolute Gasteiger partial charge is 0.143 e. The van der Waals surface area contributed by atoms with Gasteiger partial charge < -0.3 is 14.2 Å². The molecule has 1 heterocycles. The van der Waals surface area contributed by atoms with Gasteiger partial charge in [-0.25, -0.2) is 0 Å². The fraction of sp³-hybridized carbons (Fsp3) is 0.0333. The lowest BCUT2D eigenvalue weighted by Gasteiger charge is -2.28. The lowest BCUT2D eigenvalue weighted by molar-refractivity contribution is 0.634. The van der Waals surface area contributed by atoms with Crippen LogP contribution in [-0.2, 0) is 0 Å². The van der Waals surface area contributed by atoms with Gasteiger partial charge in [0.2, 0.25) is 0 Å². The maximum Gasteiger partial charge on any atom is 0.143 e. The number of hydrogen-bond acceptors (Lipinski definition) is 3. The Labute approximate surface area is 366 Å². The number of nitrogens with zero attached hydrogens (tertiary/aromatic N) is 2. The first-order valence-corrected chi connectivity index (χ1v) is 21.8. The highest BCUT2D eigenvalue weighted by atomic mass is 16.3. The number of hydrogen-bond donors (Lipinski definition) is 0. The molecular formula is C60H42N2O. The van der Waals surface area contributed by atoms with Crippen molar-refractivity contribution in [3.8, 4) is 11.3 Å². The van der Waals surface area contributed by atoms with Crippen LogP contribution in [0.3, 0.4) is 0 Å². The van der Waals surface area contributed by atoms with E-state index in [9.17, 15) is 0 Å². The third-order valence-corrected chi connectivity index (χ3v) is 12.6. The van der Waals surface area contributed by atoms with Gasteiger partial charge in [-0.15, -0.1) is 0 Å². The summed E-state index contributed by atoms with van der Waals surface area (Å²) in [7, 11) is 0. The zero-order valence-electron chi connectivity index (χ0n) is 34.7. The summed E-state index contributed by atoms with van der Waals surface area (Å²) in [5, 5.41) is 10.4. The summed E-state index contributed by atoms with van der Waals surface area (Å²) in [5.41, 5.74) is 10.9. The molecule has 298 valence electrons. The molecule has 0 aliphatic heterocycles. The maximum atomic E-state index is 7.25. The van der Waals surface area contributed by atoms with Crippen molar-refractivity contribution in [1.29, 1.82) is 0 Å². The fourth-order valence-electron chi connectivity index (χ4n) is 9.76. The first kappa shape index (κ1) is 36.7. The SMILES string of the molecule is C1=CC(c2c(-c3ccccc3)oc3c4ccc(N(c5ccccc5)c5cccc6ccccc56)cc4c4cc(N(c5ccccc5)c5cccc6ccccc56)ccc4c23)=CCC1. The minimum atomic E-state index is 0.897. The first-order chi connectivity index (χ1) is 31.3. The molecule has 0 fully saturated rings. The molecule has 12 rings (SSSR count). The Hall–Kier alpha value is -8.14. The molecule has 3 heteroatoms. The third kappa shape index (κ3) is 6.28. The molecule has 1 aromatic heterocycles. The minimum Gasteiger partial charge on any atom is -0.455 e. The number of para-hydroxylation sites is 2. The molecule has 0 amide bonds. The molecule has 3 nitrogen and oxygen atoms in total. The van der Waals surface area contributed by atoms with Crippen LogP contribution in [0.4, 0.5) is 34.1 Å². The molecule has 0 N–H and O–H groups in total. The van der Waals surface area contributed by atoms with Crippen LogP contribution in [0.5, 0.6) is 0 Å². The van der Waals surface area contributed by atoms with Crippen molar-refractivity contribution in [3.05, 3.63) is 236 Å². The van der Waals surface area contributed by atoms with Gasteiger partial charge in [0.15, 0.2) is 0 Å². The van der Waals surface area contributed by atoms with Crippen molar-refractivity contribution in [2.45, 2.75) is 12.8 Å². The molecule has 0 atom stereocenters. The summed E-state index contributed by atoms with van der Waals surface area (Å²) in [4.78, 5) is 4.81. The zero-order chi connectivity index (χ0) is 41.7. The predicted octanol–water partition coefficient (Wildman–Crippen LogP) is 17.4. The van der Waals surface area contributed by atoms with Crippen LogP contribution < -0.4 is 9.80 Å². The van der Waals surface area contributed by atoms with Gasteiger partial charge in [-0.05, 0) is 112 Å². The maximum absolute atomic E-state index is 7.25. The van der Waals surface area contributed by atoms with Gasteiger partial charge in [0.1, 0.15) is 11.3 Å². The second kappa shape index (κ2) is 15.4. The summed E-state index contributed by atoms with van der Waals surface area (Å²) >= 11 is 0. The Morgan fingerprint density at radius 2 is 0.889 bits per heavy atom. The Bertz CT molecular complexity index is 3560. The predicted molar refractivity (Wildman–Crippen MR) is 267 cm³/mol. The van der Waals surface area contributed by atoms with Crippen molar-refractivity contribution in [2.75, 3.05) is 9.80 Å². The average molecular weight is 807 g/mol. The van der Waals surface area contributed by atoms with Crippen molar-refractivity contribution in [2.24, 2.45) is 0 Å². The molecule has 63 heavy (non-hydrogen) atoms. The molecule has 1 aliphatic rings. The van der Waals surface area contributed by atoms with Crippen LogP contribution >= 0.6 is 0 Å². The number of rotatable bonds is 8. The normalized spacial score (nSPS) is 12.7. The van der Waals surface area contributed by atoms with E-state index in [1.54, 1.807) is 0 Å². The Kier molecular flexibility index (Phi) is 8.97. The van der Waals surface area contributed by atoms with Crippen LogP contribution in [0.2, 0.25) is 0 Å². The van der Waals surface area contributed by atoms with E-state index in [1.165, 1.54) is 27.1 Å². The highest BCUT2D eigenvalue weighted by molar-refractivity contribution is 6.28. The first-order valence-electron chi connectivity index (χ1n) is 21.8. The van der Waals surface area contributed by atoms with E-state index in [2.05, 4.69) is 240 Å². The van der Waals surface area contributed by atoms with Crippen LogP contribution in [-0.4, -0.2) is 0 Å². The van der Waals surface area contributed by atoms with E-state index in [4.69, 9.17) is 4.42 Å². The number of furan rings is 1. The van der Waals surface area contributed by atoms with E-state index < -0.39 is 0 Å². The molecule has 1 aliphatic carbocycles. The standard InChI is InChI=1S/C60H42N2O/c1-5-21-43(22-6-1)57-58-51-37-35-47(61(45-27-9-3-10-28-45)55-33-17-25-41-19-13-15-31-49(41)55)39-53(51)54-40-48(36-38-52(54)60(58)63-59(57)44-23-7-2-8-24-44)62(46-29-11-4-12-30-46)56-34-18-26-42-20-14-16-32-50(42)56/h2-5,7-40H,1,6H2. The molecule has 11 aromatic rings. The van der Waals surface area contributed by atoms with Gasteiger partial charge >= 0.3 is 0 Å². The number of fused-ring (bicyclic) bond motifs is 8. The molecule has 0 unspecified atom stereocenters. The summed E-state index contributed by atoms with van der Waals surface area (Å²) in [6, 6.07) is 76.6. The van der Waals surface area contributed by atoms with Gasteiger partial charge in [0.25, 0.3) is 0 Å². The van der Waals surface area contributed by atoms with Crippen molar-refractivity contribution < 1.29 is 4.42 Å². The minimum absolute atomic E-state index is 0.897. The molecule has 0 saturated carbocycles. The van der Waals surface area contributed by atoms with E-state index in [1.807, 2.05) is 0 Å². The van der Waals surface area contributed by atoms with Crippen molar-refractivity contribution >= 4 is 93.8 Å². The van der Waals surface area contributed by atoms with Crippen LogP contribution in [0.1, 0.15) is 18.4 Å². The second-order valence-electron chi connectivity index (χ2n) is 16.3. The Morgan fingerprint density at radius 1 is 0.381 bits per heavy atom. The van der Waals surface area contributed by atoms with E-state index in [0.29, 0.717) is 0 Å². The van der Waals surface area contributed by atoms with Gasteiger partial charge in [0, 0.05) is 55.4 Å². The summed E-state index contributed by atoms with van der Waals surface area (Å²) in [6.45, 7) is 0. The summed E-state index contributed by atoms with van der Waals surface area (Å²) in [5.74, 6) is 0.897. The molecule has 0 bridgehead atoms. The summed E-state index contributed by atoms with van der Waals surface area (Å²) < 4.78 is 7.25. The van der Waals surface area contributed by atoms with Crippen LogP contribution in [0.25, 0.3) is 71.0 Å². The second-order valence-corrected chi connectivity index (χ2v) is 16.3. The summed E-state index contributed by atoms with van der Waals surface area (Å²) in [6.07, 6.45) is 8.99. The Balaban J connectivity index is 1.20. The average Bonchev–Trinajstić information content (AvgIpc) is 3.77. The largest absolute Gasteiger partial charge is 0.455 e. The van der Waals surface area contributed by atoms with Gasteiger partial charge in [-0.1, -0.05) is 164 Å². The zero-order valence-corrected chi connectivity index (χ0v) is 34.7. The van der Waals surface area contributed by atoms with Gasteiger partial charge in [-0.3, -0.25) is 0 Å². The lowest BCUT2D eigenvalue weighted by atomic mass is 9.90. The number of allylic oxidation sites excluding steroid dienone is 4. The lowest BCUT2D eigenvalue weighted by Crippen LogP contribution is -2.11. The van der Waals surface area contributed by atoms with Crippen LogP contribution in [0.15, 0.2) is 235 Å². The number of anilines is 6. The fourth-order valence-corrected chi connectivity index (χ4v) is 9.76. The van der Waals surface area contributed by atoms with Crippen molar-refractivity contribution in [3.63, 3.8) is 0 Å².